The summed E-state index contributed by atoms with van der Waals surface area (Å²) >= 11 is 0. The van der Waals surface area contributed by atoms with Crippen LogP contribution < -0.4 is 0 Å². The Balaban J connectivity index is 5.20. The molecule has 0 saturated heterocycles. The summed E-state index contributed by atoms with van der Waals surface area (Å²) in [6, 6.07) is 0. The molecule has 0 heterocycles. The summed E-state index contributed by atoms with van der Waals surface area (Å²) in [5.74, 6) is -0.612. The van der Waals surface area contributed by atoms with Crippen molar-refractivity contribution in [3.05, 3.63) is 0 Å². The smallest absolute Gasteiger partial charge is 0.462 e. The first-order valence-electron chi connectivity index (χ1n) is 39.0. The van der Waals surface area contributed by atoms with Crippen molar-refractivity contribution in [3.8, 4) is 0 Å². The van der Waals surface area contributed by atoms with Gasteiger partial charge in [-0.1, -0.05) is 337 Å². The number of esters is 4. The van der Waals surface area contributed by atoms with Crippen molar-refractivity contribution in [3.63, 3.8) is 0 Å². The number of unbranched alkanes of at least 4 members (excludes halogenated alkanes) is 44. The molecule has 0 spiro atoms. The van der Waals surface area contributed by atoms with Gasteiger partial charge in [0, 0.05) is 25.7 Å². The lowest BCUT2D eigenvalue weighted by Crippen LogP contribution is -2.30. The van der Waals surface area contributed by atoms with E-state index in [9.17, 15) is 43.2 Å². The molecule has 0 saturated carbocycles. The van der Waals surface area contributed by atoms with Gasteiger partial charge in [0.1, 0.15) is 19.3 Å². The molecule has 0 aromatic rings. The molecule has 0 radical (unpaired) electrons. The first-order chi connectivity index (χ1) is 45.4. The van der Waals surface area contributed by atoms with E-state index >= 15 is 0 Å². The van der Waals surface area contributed by atoms with E-state index in [0.29, 0.717) is 25.7 Å². The summed E-state index contributed by atoms with van der Waals surface area (Å²) in [5, 5.41) is 10.6. The van der Waals surface area contributed by atoms with E-state index in [-0.39, 0.29) is 25.7 Å². The second kappa shape index (κ2) is 66.9. The van der Waals surface area contributed by atoms with Gasteiger partial charge in [0.2, 0.25) is 0 Å². The lowest BCUT2D eigenvalue weighted by Gasteiger charge is -2.21. The highest BCUT2D eigenvalue weighted by Crippen LogP contribution is 2.45. The van der Waals surface area contributed by atoms with Gasteiger partial charge in [-0.2, -0.15) is 0 Å². The van der Waals surface area contributed by atoms with Gasteiger partial charge in [0.25, 0.3) is 0 Å². The molecule has 0 rings (SSSR count). The van der Waals surface area contributed by atoms with Crippen molar-refractivity contribution >= 4 is 39.5 Å². The number of aliphatic hydroxyl groups excluding tert-OH is 1. The fourth-order valence-electron chi connectivity index (χ4n) is 11.5. The standard InChI is InChI=1S/C75H146O17P2/c1-7-9-11-13-15-17-18-19-20-21-22-23-24-27-31-34-41-47-53-59-74(79)91-71(64-86-73(78)58-52-46-40-33-30-28-25-26-29-32-37-43-49-55-67(3)4)66-90-94(83,84)88-62-69(76)61-87-93(81,82)89-65-70(63-85-72(77)57-51-45-39-16-14-12-10-8-2)92-75(80)60-54-48-42-36-35-38-44-50-56-68(5)6/h67-71,76H,7-66H2,1-6H3,(H,81,82)(H,83,84)/t69-,70+,71+/m0/s1. The van der Waals surface area contributed by atoms with E-state index in [1.54, 1.807) is 0 Å². The number of hydrogen-bond donors (Lipinski definition) is 3. The normalized spacial score (nSPS) is 14.0. The van der Waals surface area contributed by atoms with Crippen LogP contribution in [0.2, 0.25) is 0 Å². The second-order valence-electron chi connectivity index (χ2n) is 28.0. The molecule has 17 nitrogen and oxygen atoms in total. The van der Waals surface area contributed by atoms with Crippen molar-refractivity contribution in [2.45, 2.75) is 407 Å². The molecule has 0 aromatic carbocycles. The van der Waals surface area contributed by atoms with E-state index in [2.05, 4.69) is 41.5 Å². The number of aliphatic hydroxyl groups is 1. The zero-order valence-corrected chi connectivity index (χ0v) is 63.1. The van der Waals surface area contributed by atoms with Gasteiger partial charge in [0.05, 0.1) is 26.4 Å². The van der Waals surface area contributed by atoms with Gasteiger partial charge in [-0.15, -0.1) is 0 Å². The average molecular weight is 1380 g/mol. The maximum absolute atomic E-state index is 13.1. The summed E-state index contributed by atoms with van der Waals surface area (Å²) in [5.41, 5.74) is 0. The van der Waals surface area contributed by atoms with Gasteiger partial charge in [-0.3, -0.25) is 37.3 Å². The molecule has 0 aliphatic heterocycles. The van der Waals surface area contributed by atoms with E-state index in [1.807, 2.05) is 0 Å². The summed E-state index contributed by atoms with van der Waals surface area (Å²) in [6.07, 6.45) is 54.3. The van der Waals surface area contributed by atoms with Crippen molar-refractivity contribution in [1.82, 2.24) is 0 Å². The Bertz CT molecular complexity index is 1820. The van der Waals surface area contributed by atoms with Gasteiger partial charge < -0.3 is 33.8 Å². The second-order valence-corrected chi connectivity index (χ2v) is 30.9. The summed E-state index contributed by atoms with van der Waals surface area (Å²) < 4.78 is 68.4. The Labute approximate surface area is 575 Å². The van der Waals surface area contributed by atoms with Crippen LogP contribution in [0, 0.1) is 11.8 Å². The topological polar surface area (TPSA) is 237 Å². The molecule has 0 amide bonds. The molecule has 0 aliphatic rings. The summed E-state index contributed by atoms with van der Waals surface area (Å²) in [4.78, 5) is 72.6. The zero-order chi connectivity index (χ0) is 69.3. The van der Waals surface area contributed by atoms with Crippen LogP contribution >= 0.6 is 15.6 Å². The van der Waals surface area contributed by atoms with Crippen LogP contribution in [0.4, 0.5) is 0 Å². The van der Waals surface area contributed by atoms with Crippen LogP contribution in [0.5, 0.6) is 0 Å². The first-order valence-corrected chi connectivity index (χ1v) is 42.0. The fourth-order valence-corrected chi connectivity index (χ4v) is 13.1. The minimum absolute atomic E-state index is 0.104. The van der Waals surface area contributed by atoms with Crippen LogP contribution in [0.15, 0.2) is 0 Å². The molecule has 0 fully saturated rings. The van der Waals surface area contributed by atoms with Gasteiger partial charge >= 0.3 is 39.5 Å². The van der Waals surface area contributed by atoms with Crippen LogP contribution in [0.25, 0.3) is 0 Å². The van der Waals surface area contributed by atoms with E-state index in [4.69, 9.17) is 37.0 Å². The van der Waals surface area contributed by atoms with Crippen LogP contribution in [0.3, 0.4) is 0 Å². The van der Waals surface area contributed by atoms with Gasteiger partial charge in [0.15, 0.2) is 12.2 Å². The molecule has 3 N–H and O–H groups in total. The molecule has 5 atom stereocenters. The number of rotatable bonds is 74. The Kier molecular flexibility index (Phi) is 65.5. The molecule has 2 unspecified atom stereocenters. The Morgan fingerprint density at radius 2 is 0.489 bits per heavy atom. The predicted octanol–water partition coefficient (Wildman–Crippen LogP) is 21.9. The largest absolute Gasteiger partial charge is 0.472 e. The molecule has 0 bridgehead atoms. The molecular formula is C75H146O17P2. The third kappa shape index (κ3) is 68.6. The molecule has 94 heavy (non-hydrogen) atoms. The highest BCUT2D eigenvalue weighted by Gasteiger charge is 2.30. The molecule has 0 aliphatic carbocycles. The quantitative estimate of drug-likeness (QED) is 0.0222. The van der Waals surface area contributed by atoms with Crippen molar-refractivity contribution in [2.75, 3.05) is 39.6 Å². The molecule has 19 heteroatoms. The minimum atomic E-state index is -4.96. The third-order valence-corrected chi connectivity index (χ3v) is 19.4. The molecule has 0 aromatic heterocycles. The number of phosphoric ester groups is 2. The predicted molar refractivity (Wildman–Crippen MR) is 381 cm³/mol. The van der Waals surface area contributed by atoms with Gasteiger partial charge in [-0.25, -0.2) is 9.13 Å². The number of hydrogen-bond acceptors (Lipinski definition) is 15. The SMILES string of the molecule is CCCCCCCCCCCCCCCCCCCCCC(=O)O[C@H](COC(=O)CCCCCCCCCCCCCCCC(C)C)COP(=O)(O)OC[C@@H](O)COP(=O)(O)OC[C@@H](COC(=O)CCCCCCCCCC)OC(=O)CCCCCCCCCCC(C)C. The van der Waals surface area contributed by atoms with Crippen LogP contribution in [-0.4, -0.2) is 96.7 Å². The monoisotopic (exact) mass is 1380 g/mol. The maximum Gasteiger partial charge on any atom is 0.472 e. The Morgan fingerprint density at radius 3 is 0.723 bits per heavy atom. The first kappa shape index (κ1) is 92.1. The average Bonchev–Trinajstić information content (AvgIpc) is 1.94. The number of carbonyl (C=O) groups is 4. The van der Waals surface area contributed by atoms with E-state index in [0.717, 1.165) is 108 Å². The number of ether oxygens (including phenoxy) is 4. The Morgan fingerprint density at radius 1 is 0.287 bits per heavy atom. The Hall–Kier alpha value is -1.94. The maximum atomic E-state index is 13.1. The highest BCUT2D eigenvalue weighted by atomic mass is 31.2. The highest BCUT2D eigenvalue weighted by molar-refractivity contribution is 7.47. The van der Waals surface area contributed by atoms with Crippen LogP contribution in [-0.2, 0) is 65.4 Å². The minimum Gasteiger partial charge on any atom is -0.462 e. The zero-order valence-electron chi connectivity index (χ0n) is 61.3. The van der Waals surface area contributed by atoms with Crippen molar-refractivity contribution < 1.29 is 80.2 Å². The third-order valence-electron chi connectivity index (χ3n) is 17.5. The van der Waals surface area contributed by atoms with E-state index < -0.39 is 97.5 Å². The van der Waals surface area contributed by atoms with Gasteiger partial charge in [-0.05, 0) is 37.5 Å². The number of phosphoric acid groups is 2. The summed E-state index contributed by atoms with van der Waals surface area (Å²) in [7, 11) is -9.90. The number of carbonyl (C=O) groups excluding carboxylic acids is 4. The lowest BCUT2D eigenvalue weighted by atomic mass is 10.0. The van der Waals surface area contributed by atoms with E-state index in [1.165, 1.54) is 199 Å². The summed E-state index contributed by atoms with van der Waals surface area (Å²) in [6.45, 7) is 9.54. The molecule has 558 valence electrons. The van der Waals surface area contributed by atoms with Crippen LogP contribution in [0.1, 0.15) is 388 Å². The van der Waals surface area contributed by atoms with Crippen molar-refractivity contribution in [2.24, 2.45) is 11.8 Å². The molecular weight excluding hydrogens is 1230 g/mol. The van der Waals surface area contributed by atoms with Crippen molar-refractivity contribution in [1.29, 1.82) is 0 Å². The fraction of sp³-hybridized carbons (Fsp3) is 0.947. The lowest BCUT2D eigenvalue weighted by molar-refractivity contribution is -0.161.